The Labute approximate surface area is 112 Å². The molecular weight excluding hydrogens is 280 g/mol. The van der Waals surface area contributed by atoms with Gasteiger partial charge in [-0.05, 0) is 44.9 Å². The quantitative estimate of drug-likeness (QED) is 0.898. The van der Waals surface area contributed by atoms with Crippen LogP contribution in [0.4, 0.5) is 0 Å². The predicted octanol–water partition coefficient (Wildman–Crippen LogP) is 3.73. The molecule has 0 fully saturated rings. The van der Waals surface area contributed by atoms with Crippen LogP contribution in [0.1, 0.15) is 38.7 Å². The molecule has 0 heterocycles. The highest BCUT2D eigenvalue weighted by Crippen LogP contribution is 2.23. The molecule has 1 N–H and O–H groups in total. The van der Waals surface area contributed by atoms with E-state index in [1.54, 1.807) is 0 Å². The molecule has 1 aromatic carbocycles. The smallest absolute Gasteiger partial charge is 0.0598 e. The summed E-state index contributed by atoms with van der Waals surface area (Å²) in [7, 11) is 0. The van der Waals surface area contributed by atoms with Gasteiger partial charge in [-0.3, -0.25) is 0 Å². The minimum Gasteiger partial charge on any atom is -0.396 e. The van der Waals surface area contributed by atoms with Gasteiger partial charge >= 0.3 is 0 Å². The van der Waals surface area contributed by atoms with Crippen LogP contribution in [0.25, 0.3) is 0 Å². The van der Waals surface area contributed by atoms with Crippen molar-refractivity contribution in [2.24, 2.45) is 0 Å². The summed E-state index contributed by atoms with van der Waals surface area (Å²) in [5.41, 5.74) is 1.04. The van der Waals surface area contributed by atoms with Crippen molar-refractivity contribution in [1.29, 1.82) is 0 Å². The highest BCUT2D eigenvalue weighted by Gasteiger charge is 2.14. The third-order valence-corrected chi connectivity index (χ3v) is 3.04. The number of halogens is 1. The summed E-state index contributed by atoms with van der Waals surface area (Å²) in [5, 5.41) is 9.43. The maximum absolute atomic E-state index is 9.43. The molecule has 0 saturated carbocycles. The summed E-state index contributed by atoms with van der Waals surface area (Å²) < 4.78 is 6.74. The molecule has 0 spiro atoms. The Bertz CT molecular complexity index is 344. The number of benzene rings is 1. The molecule has 0 aliphatic rings. The monoisotopic (exact) mass is 300 g/mol. The van der Waals surface area contributed by atoms with Crippen LogP contribution in [0, 0.1) is 0 Å². The van der Waals surface area contributed by atoms with E-state index in [4.69, 9.17) is 4.74 Å². The van der Waals surface area contributed by atoms with Crippen LogP contribution in [-0.2, 0) is 4.74 Å². The van der Waals surface area contributed by atoms with Crippen molar-refractivity contribution in [3.8, 4) is 0 Å². The molecule has 17 heavy (non-hydrogen) atoms. The molecule has 0 aliphatic heterocycles. The second-order valence-electron chi connectivity index (χ2n) is 5.18. The topological polar surface area (TPSA) is 29.5 Å². The van der Waals surface area contributed by atoms with Crippen molar-refractivity contribution >= 4 is 15.9 Å². The third-order valence-electron chi connectivity index (χ3n) is 2.54. The Morgan fingerprint density at radius 2 is 2.06 bits per heavy atom. The van der Waals surface area contributed by atoms with E-state index in [-0.39, 0.29) is 18.1 Å². The van der Waals surface area contributed by atoms with Crippen molar-refractivity contribution in [3.63, 3.8) is 0 Å². The van der Waals surface area contributed by atoms with Crippen molar-refractivity contribution in [1.82, 2.24) is 0 Å². The predicted molar refractivity (Wildman–Crippen MR) is 74.3 cm³/mol. The summed E-state index contributed by atoms with van der Waals surface area (Å²) in [5.74, 6) is 0.148. The van der Waals surface area contributed by atoms with Crippen LogP contribution in [-0.4, -0.2) is 23.9 Å². The van der Waals surface area contributed by atoms with E-state index in [0.717, 1.165) is 16.5 Å². The van der Waals surface area contributed by atoms with Crippen LogP contribution >= 0.6 is 15.9 Å². The minimum atomic E-state index is -0.114. The minimum absolute atomic E-state index is 0.114. The van der Waals surface area contributed by atoms with Gasteiger partial charge in [-0.2, -0.15) is 0 Å². The third kappa shape index (κ3) is 5.66. The van der Waals surface area contributed by atoms with Crippen LogP contribution in [0.5, 0.6) is 0 Å². The molecule has 0 amide bonds. The van der Waals surface area contributed by atoms with Crippen molar-refractivity contribution in [2.75, 3.05) is 13.2 Å². The Morgan fingerprint density at radius 3 is 2.59 bits per heavy atom. The number of ether oxygens (including phenoxy) is 1. The van der Waals surface area contributed by atoms with E-state index in [9.17, 15) is 5.11 Å². The van der Waals surface area contributed by atoms with Crippen molar-refractivity contribution in [2.45, 2.75) is 38.7 Å². The fourth-order valence-corrected chi connectivity index (χ4v) is 2.05. The number of hydrogen-bond acceptors (Lipinski definition) is 2. The average molecular weight is 301 g/mol. The SMILES string of the molecule is CC(C)(C)OCCC(CO)c1cccc(Br)c1. The molecule has 2 nitrogen and oxygen atoms in total. The first-order valence-electron chi connectivity index (χ1n) is 5.92. The van der Waals surface area contributed by atoms with Gasteiger partial charge in [0.05, 0.1) is 12.2 Å². The highest BCUT2D eigenvalue weighted by atomic mass is 79.9. The molecule has 0 radical (unpaired) electrons. The summed E-state index contributed by atoms with van der Waals surface area (Å²) in [4.78, 5) is 0. The molecular formula is C14H21BrO2. The van der Waals surface area contributed by atoms with Crippen LogP contribution in [0.3, 0.4) is 0 Å². The second-order valence-corrected chi connectivity index (χ2v) is 6.10. The van der Waals surface area contributed by atoms with E-state index >= 15 is 0 Å². The zero-order valence-corrected chi connectivity index (χ0v) is 12.3. The van der Waals surface area contributed by atoms with Crippen LogP contribution in [0.15, 0.2) is 28.7 Å². The molecule has 0 saturated heterocycles. The largest absolute Gasteiger partial charge is 0.396 e. The Kier molecular flexibility index (Phi) is 5.63. The normalized spacial score (nSPS) is 13.7. The molecule has 0 aliphatic carbocycles. The Hall–Kier alpha value is -0.380. The van der Waals surface area contributed by atoms with Gasteiger partial charge in [0.25, 0.3) is 0 Å². The van der Waals surface area contributed by atoms with Crippen molar-refractivity contribution in [3.05, 3.63) is 34.3 Å². The van der Waals surface area contributed by atoms with E-state index in [2.05, 4.69) is 22.0 Å². The fourth-order valence-electron chi connectivity index (χ4n) is 1.63. The molecule has 1 rings (SSSR count). The second kappa shape index (κ2) is 6.53. The Balaban J connectivity index is 2.54. The average Bonchev–Trinajstić information content (AvgIpc) is 2.23. The molecule has 0 aromatic heterocycles. The number of aliphatic hydroxyl groups is 1. The maximum Gasteiger partial charge on any atom is 0.0598 e. The lowest BCUT2D eigenvalue weighted by molar-refractivity contribution is -0.00804. The zero-order valence-electron chi connectivity index (χ0n) is 10.7. The van der Waals surface area contributed by atoms with Crippen LogP contribution < -0.4 is 0 Å². The van der Waals surface area contributed by atoms with Gasteiger partial charge in [0.15, 0.2) is 0 Å². The summed E-state index contributed by atoms with van der Waals surface area (Å²) >= 11 is 3.45. The van der Waals surface area contributed by atoms with Gasteiger partial charge in [0.1, 0.15) is 0 Å². The number of rotatable bonds is 5. The van der Waals surface area contributed by atoms with E-state index in [0.29, 0.717) is 6.61 Å². The van der Waals surface area contributed by atoms with Crippen molar-refractivity contribution < 1.29 is 9.84 Å². The Morgan fingerprint density at radius 1 is 1.35 bits per heavy atom. The summed E-state index contributed by atoms with van der Waals surface area (Å²) in [6, 6.07) is 8.08. The van der Waals surface area contributed by atoms with Gasteiger partial charge in [-0.15, -0.1) is 0 Å². The lowest BCUT2D eigenvalue weighted by Gasteiger charge is -2.22. The van der Waals surface area contributed by atoms with E-state index in [1.807, 2.05) is 39.0 Å². The summed E-state index contributed by atoms with van der Waals surface area (Å²) in [6.07, 6.45) is 0.838. The lowest BCUT2D eigenvalue weighted by atomic mass is 9.97. The number of aliphatic hydroxyl groups excluding tert-OH is 1. The standard InChI is InChI=1S/C14H21BrO2/c1-14(2,3)17-8-7-12(10-16)11-5-4-6-13(15)9-11/h4-6,9,12,16H,7-8,10H2,1-3H3. The van der Waals surface area contributed by atoms with E-state index in [1.165, 1.54) is 0 Å². The summed E-state index contributed by atoms with van der Waals surface area (Å²) in [6.45, 7) is 6.95. The first kappa shape index (κ1) is 14.7. The van der Waals surface area contributed by atoms with Gasteiger partial charge in [0.2, 0.25) is 0 Å². The number of hydrogen-bond donors (Lipinski definition) is 1. The molecule has 3 heteroatoms. The lowest BCUT2D eigenvalue weighted by Crippen LogP contribution is -2.21. The molecule has 1 aromatic rings. The molecule has 1 atom stereocenters. The van der Waals surface area contributed by atoms with Gasteiger partial charge in [-0.1, -0.05) is 28.1 Å². The first-order valence-corrected chi connectivity index (χ1v) is 6.72. The van der Waals surface area contributed by atoms with Gasteiger partial charge in [-0.25, -0.2) is 0 Å². The van der Waals surface area contributed by atoms with Gasteiger partial charge < -0.3 is 9.84 Å². The fraction of sp³-hybridized carbons (Fsp3) is 0.571. The van der Waals surface area contributed by atoms with Gasteiger partial charge in [0, 0.05) is 17.0 Å². The first-order chi connectivity index (χ1) is 7.92. The highest BCUT2D eigenvalue weighted by molar-refractivity contribution is 9.10. The van der Waals surface area contributed by atoms with Crippen LogP contribution in [0.2, 0.25) is 0 Å². The molecule has 1 unspecified atom stereocenters. The molecule has 96 valence electrons. The maximum atomic E-state index is 9.43. The molecule has 0 bridgehead atoms. The van der Waals surface area contributed by atoms with E-state index < -0.39 is 0 Å². The zero-order chi connectivity index (χ0) is 12.9.